The van der Waals surface area contributed by atoms with Crippen LogP contribution < -0.4 is 16.5 Å². The summed E-state index contributed by atoms with van der Waals surface area (Å²) in [5.74, 6) is -4.98. The van der Waals surface area contributed by atoms with Gasteiger partial charge in [0.05, 0.1) is 13.2 Å². The number of hydrogen-bond donors (Lipinski definition) is 4. The van der Waals surface area contributed by atoms with E-state index < -0.39 is 56.4 Å². The number of halogens is 2. The maximum Gasteiger partial charge on any atom is 0.403 e. The van der Waals surface area contributed by atoms with Crippen LogP contribution in [0.2, 0.25) is 0 Å². The molecule has 0 bridgehead atoms. The number of ether oxygens (including phenoxy) is 2. The number of carbonyl (C=O) groups is 1. The van der Waals surface area contributed by atoms with E-state index in [-0.39, 0.29) is 24.8 Å². The molecule has 2 unspecified atom stereocenters. The molecule has 182 valence electrons. The highest BCUT2D eigenvalue weighted by molar-refractivity contribution is 7.50. The van der Waals surface area contributed by atoms with Gasteiger partial charge in [-0.25, -0.2) is 14.4 Å². The Labute approximate surface area is 182 Å². The Morgan fingerprint density at radius 2 is 2.16 bits per heavy atom. The van der Waals surface area contributed by atoms with Gasteiger partial charge in [0, 0.05) is 6.20 Å². The minimum Gasteiger partial charge on any atom is -0.465 e. The Morgan fingerprint density at radius 1 is 1.50 bits per heavy atom. The van der Waals surface area contributed by atoms with E-state index >= 15 is 0 Å². The van der Waals surface area contributed by atoms with Gasteiger partial charge in [-0.1, -0.05) is 13.8 Å². The van der Waals surface area contributed by atoms with Crippen LogP contribution in [0.4, 0.5) is 14.6 Å². The van der Waals surface area contributed by atoms with Gasteiger partial charge in [-0.2, -0.15) is 13.8 Å². The van der Waals surface area contributed by atoms with Crippen LogP contribution in [-0.4, -0.2) is 62.9 Å². The lowest BCUT2D eigenvalue weighted by Crippen LogP contribution is -2.42. The van der Waals surface area contributed by atoms with Gasteiger partial charge in [-0.05, 0) is 25.3 Å². The fourth-order valence-electron chi connectivity index (χ4n) is 3.03. The Morgan fingerprint density at radius 3 is 2.72 bits per heavy atom. The van der Waals surface area contributed by atoms with Gasteiger partial charge in [0.25, 0.3) is 0 Å². The molecule has 15 heteroatoms. The molecule has 2 heterocycles. The number of nitrogens with zero attached hydrogens (tertiary/aromatic N) is 2. The quantitative estimate of drug-likeness (QED) is 0.267. The molecule has 12 nitrogen and oxygen atoms in total. The Balaban J connectivity index is 2.10. The number of esters is 1. The van der Waals surface area contributed by atoms with Crippen molar-refractivity contribution < 1.29 is 42.1 Å². The molecule has 0 aromatic carbocycles. The minimum atomic E-state index is -4.70. The van der Waals surface area contributed by atoms with Gasteiger partial charge in [0.2, 0.25) is 6.23 Å². The first-order valence-electron chi connectivity index (χ1n) is 9.76. The van der Waals surface area contributed by atoms with Crippen molar-refractivity contribution in [2.75, 3.05) is 18.9 Å². The number of carbonyl (C=O) groups excluding carboxylic acids is 1. The summed E-state index contributed by atoms with van der Waals surface area (Å²) in [6, 6.07) is -0.0959. The summed E-state index contributed by atoms with van der Waals surface area (Å²) in [5.41, 5.74) is 4.20. The smallest absolute Gasteiger partial charge is 0.403 e. The molecule has 1 aliphatic heterocycles. The third kappa shape index (κ3) is 6.30. The molecule has 1 fully saturated rings. The Kier molecular flexibility index (Phi) is 8.48. The fraction of sp³-hybridized carbons (Fsp3) is 0.706. The Bertz CT molecular complexity index is 915. The summed E-state index contributed by atoms with van der Waals surface area (Å²) in [5, 5.41) is 12.1. The van der Waals surface area contributed by atoms with Crippen molar-refractivity contribution >= 4 is 19.5 Å². The van der Waals surface area contributed by atoms with E-state index in [4.69, 9.17) is 19.7 Å². The van der Waals surface area contributed by atoms with Gasteiger partial charge >= 0.3 is 25.3 Å². The summed E-state index contributed by atoms with van der Waals surface area (Å²) >= 11 is 0. The first-order valence-corrected chi connectivity index (χ1v) is 11.3. The van der Waals surface area contributed by atoms with Crippen LogP contribution in [0.25, 0.3) is 0 Å². The molecule has 5 atom stereocenters. The summed E-state index contributed by atoms with van der Waals surface area (Å²) in [4.78, 5) is 37.3. The lowest BCUT2D eigenvalue weighted by molar-refractivity contribution is -0.145. The zero-order valence-electron chi connectivity index (χ0n) is 17.7. The highest BCUT2D eigenvalue weighted by atomic mass is 31.2. The van der Waals surface area contributed by atoms with E-state index in [1.165, 1.54) is 0 Å². The van der Waals surface area contributed by atoms with E-state index in [1.54, 1.807) is 20.8 Å². The second-order valence-corrected chi connectivity index (χ2v) is 9.13. The lowest BCUT2D eigenvalue weighted by atomic mass is 10.1. The summed E-state index contributed by atoms with van der Waals surface area (Å²) < 4.78 is 56.6. The Hall–Kier alpha value is -1.96. The summed E-state index contributed by atoms with van der Waals surface area (Å²) in [6.45, 7) is 4.22. The molecular formula is C17H27F2N4O8P. The monoisotopic (exact) mass is 484 g/mol. The van der Waals surface area contributed by atoms with Gasteiger partial charge < -0.3 is 25.2 Å². The van der Waals surface area contributed by atoms with Crippen molar-refractivity contribution in [2.24, 2.45) is 5.92 Å². The fourth-order valence-corrected chi connectivity index (χ4v) is 4.06. The van der Waals surface area contributed by atoms with Crippen molar-refractivity contribution in [1.29, 1.82) is 0 Å². The van der Waals surface area contributed by atoms with E-state index in [9.17, 15) is 32.9 Å². The molecule has 32 heavy (non-hydrogen) atoms. The first kappa shape index (κ1) is 26.3. The second kappa shape index (κ2) is 10.3. The van der Waals surface area contributed by atoms with E-state index in [0.717, 1.165) is 12.3 Å². The van der Waals surface area contributed by atoms with Gasteiger partial charge in [0.15, 0.2) is 6.10 Å². The van der Waals surface area contributed by atoms with E-state index in [1.807, 2.05) is 0 Å². The SMILES string of the molecule is CCOC(=O)C(CC(C)C)NP(=O)(O)OC[C@H]1O[C@@H](n2ccc(N)nc2=O)C(F)(F)[C@@H]1O. The van der Waals surface area contributed by atoms with Crippen LogP contribution in [0.5, 0.6) is 0 Å². The molecule has 1 aromatic rings. The number of alkyl halides is 2. The number of aliphatic hydroxyl groups is 1. The van der Waals surface area contributed by atoms with Crippen LogP contribution in [0.3, 0.4) is 0 Å². The van der Waals surface area contributed by atoms with Gasteiger partial charge in [0.1, 0.15) is 18.0 Å². The number of rotatable bonds is 10. The number of nitrogens with one attached hydrogen (secondary N) is 1. The normalized spacial score (nSPS) is 25.4. The zero-order valence-corrected chi connectivity index (χ0v) is 18.6. The molecular weight excluding hydrogens is 457 g/mol. The highest BCUT2D eigenvalue weighted by Gasteiger charge is 2.60. The van der Waals surface area contributed by atoms with Crippen LogP contribution in [-0.2, 0) is 23.4 Å². The number of aliphatic hydroxyl groups excluding tert-OH is 1. The average Bonchev–Trinajstić information content (AvgIpc) is 2.89. The van der Waals surface area contributed by atoms with Crippen LogP contribution in [0.1, 0.15) is 33.4 Å². The van der Waals surface area contributed by atoms with Gasteiger partial charge in [-0.15, -0.1) is 0 Å². The standard InChI is InChI=1S/C17H27F2N4O8P/c1-4-29-14(25)10(7-9(2)3)22-32(27,28)30-8-11-13(24)17(18,19)15(31-11)23-6-5-12(20)21-16(23)26/h5-6,9-11,13,15,24H,4,7-8H2,1-3H3,(H2,20,21,26)(H2,22,27,28)/t10?,11-,13-,15-/m1/s1. The second-order valence-electron chi connectivity index (χ2n) is 7.57. The topological polar surface area (TPSA) is 175 Å². The number of anilines is 1. The molecule has 1 saturated heterocycles. The maximum atomic E-state index is 14.5. The maximum absolute atomic E-state index is 14.5. The molecule has 1 aliphatic rings. The lowest BCUT2D eigenvalue weighted by Gasteiger charge is -2.23. The minimum absolute atomic E-state index is 0.0453. The molecule has 0 radical (unpaired) electrons. The van der Waals surface area contributed by atoms with Crippen molar-refractivity contribution in [3.8, 4) is 0 Å². The highest BCUT2D eigenvalue weighted by Crippen LogP contribution is 2.45. The van der Waals surface area contributed by atoms with Gasteiger partial charge in [-0.3, -0.25) is 13.9 Å². The molecule has 0 amide bonds. The van der Waals surface area contributed by atoms with Crippen molar-refractivity contribution in [1.82, 2.24) is 14.6 Å². The van der Waals surface area contributed by atoms with Crippen LogP contribution in [0, 0.1) is 5.92 Å². The predicted octanol–water partition coefficient (Wildman–Crippen LogP) is 0.403. The first-order chi connectivity index (χ1) is 14.8. The van der Waals surface area contributed by atoms with Crippen molar-refractivity contribution in [3.63, 3.8) is 0 Å². The molecule has 0 saturated carbocycles. The number of aromatic nitrogens is 2. The zero-order chi connectivity index (χ0) is 24.3. The average molecular weight is 484 g/mol. The van der Waals surface area contributed by atoms with E-state index in [2.05, 4.69) is 10.1 Å². The van der Waals surface area contributed by atoms with Crippen LogP contribution in [0.15, 0.2) is 17.1 Å². The van der Waals surface area contributed by atoms with Crippen molar-refractivity contribution in [3.05, 3.63) is 22.7 Å². The molecule has 5 N–H and O–H groups in total. The molecule has 1 aromatic heterocycles. The summed E-state index contributed by atoms with van der Waals surface area (Å²) in [6.07, 6.45) is -5.41. The van der Waals surface area contributed by atoms with Crippen LogP contribution >= 0.6 is 7.75 Å². The largest absolute Gasteiger partial charge is 0.465 e. The molecule has 2 rings (SSSR count). The third-order valence-electron chi connectivity index (χ3n) is 4.49. The molecule has 0 spiro atoms. The number of nitrogen functional groups attached to an aromatic ring is 1. The molecule has 0 aliphatic carbocycles. The van der Waals surface area contributed by atoms with E-state index in [0.29, 0.717) is 4.57 Å². The number of nitrogens with two attached hydrogens (primary N) is 1. The third-order valence-corrected chi connectivity index (χ3v) is 5.63. The summed E-state index contributed by atoms with van der Waals surface area (Å²) in [7, 11) is -4.70. The number of hydrogen-bond acceptors (Lipinski definition) is 9. The predicted molar refractivity (Wildman–Crippen MR) is 107 cm³/mol. The van der Waals surface area contributed by atoms with Crippen molar-refractivity contribution in [2.45, 2.75) is 57.6 Å².